The van der Waals surface area contributed by atoms with Gasteiger partial charge in [-0.15, -0.1) is 0 Å². The van der Waals surface area contributed by atoms with Crippen LogP contribution in [-0.4, -0.2) is 16.0 Å². The van der Waals surface area contributed by atoms with Gasteiger partial charge in [0.1, 0.15) is 0 Å². The van der Waals surface area contributed by atoms with Crippen molar-refractivity contribution in [1.29, 1.82) is 0 Å². The summed E-state index contributed by atoms with van der Waals surface area (Å²) in [4.78, 5) is 0. The van der Waals surface area contributed by atoms with Crippen LogP contribution in [0.5, 0.6) is 0 Å². The number of hydrogen-bond donors (Lipinski definition) is 0. The summed E-state index contributed by atoms with van der Waals surface area (Å²) in [6.45, 7) is 7.86. The molecule has 1 aliphatic carbocycles. The van der Waals surface area contributed by atoms with E-state index in [1.54, 1.807) is 0 Å². The number of alkyl halides is 3. The Morgan fingerprint density at radius 2 is 1.63 bits per heavy atom. The smallest absolute Gasteiger partial charge is 0.267 e. The van der Waals surface area contributed by atoms with E-state index in [-0.39, 0.29) is 18.9 Å². The highest BCUT2D eigenvalue weighted by atomic mass is 19.4. The van der Waals surface area contributed by atoms with Crippen molar-refractivity contribution in [2.45, 2.75) is 65.6 Å². The molecule has 2 rings (SSSR count). The highest BCUT2D eigenvalue weighted by molar-refractivity contribution is 5.08. The second-order valence-corrected chi connectivity index (χ2v) is 4.92. The zero-order valence-electron chi connectivity index (χ0n) is 12.1. The summed E-state index contributed by atoms with van der Waals surface area (Å²) in [6, 6.07) is 2.11. The Labute approximate surface area is 113 Å². The average molecular weight is 276 g/mol. The molecular weight excluding hydrogens is 253 g/mol. The Kier molecular flexibility index (Phi) is 5.44. The number of rotatable bonds is 1. The summed E-state index contributed by atoms with van der Waals surface area (Å²) >= 11 is 0. The lowest BCUT2D eigenvalue weighted by atomic mass is 9.85. The van der Waals surface area contributed by atoms with Crippen LogP contribution in [0.25, 0.3) is 0 Å². The Morgan fingerprint density at radius 3 is 2.00 bits per heavy atom. The van der Waals surface area contributed by atoms with Gasteiger partial charge in [0, 0.05) is 5.69 Å². The number of halogens is 3. The van der Waals surface area contributed by atoms with Crippen molar-refractivity contribution in [1.82, 2.24) is 9.78 Å². The maximum atomic E-state index is 12.5. The number of aromatic nitrogens is 2. The SMILES string of the molecule is CC.Cc1cc(C)n(C2CCC(C(F)(F)F)CC2)n1. The van der Waals surface area contributed by atoms with Gasteiger partial charge in [0.15, 0.2) is 0 Å². The molecule has 0 saturated heterocycles. The highest BCUT2D eigenvalue weighted by Crippen LogP contribution is 2.41. The van der Waals surface area contributed by atoms with Gasteiger partial charge >= 0.3 is 6.18 Å². The zero-order valence-corrected chi connectivity index (χ0v) is 12.1. The van der Waals surface area contributed by atoms with Crippen LogP contribution in [-0.2, 0) is 0 Å². The van der Waals surface area contributed by atoms with Crippen LogP contribution in [0.15, 0.2) is 6.07 Å². The molecule has 0 atom stereocenters. The fourth-order valence-electron chi connectivity index (χ4n) is 2.66. The van der Waals surface area contributed by atoms with Crippen LogP contribution in [0.2, 0.25) is 0 Å². The summed E-state index contributed by atoms with van der Waals surface area (Å²) in [5.74, 6) is -1.12. The molecule has 0 amide bonds. The molecular formula is C14H23F3N2. The minimum absolute atomic E-state index is 0.141. The molecule has 0 unspecified atom stereocenters. The summed E-state index contributed by atoms with van der Waals surface area (Å²) in [5, 5.41) is 4.36. The van der Waals surface area contributed by atoms with Gasteiger partial charge in [0.25, 0.3) is 0 Å². The van der Waals surface area contributed by atoms with Crippen molar-refractivity contribution >= 4 is 0 Å². The molecule has 1 fully saturated rings. The minimum atomic E-state index is -4.03. The molecule has 1 heterocycles. The van der Waals surface area contributed by atoms with Gasteiger partial charge in [0.05, 0.1) is 17.7 Å². The summed E-state index contributed by atoms with van der Waals surface area (Å²) in [5.41, 5.74) is 1.97. The average Bonchev–Trinajstić information content (AvgIpc) is 2.70. The van der Waals surface area contributed by atoms with Gasteiger partial charge in [-0.3, -0.25) is 4.68 Å². The number of hydrogen-bond acceptors (Lipinski definition) is 1. The molecule has 0 aromatic carbocycles. The Morgan fingerprint density at radius 1 is 1.11 bits per heavy atom. The van der Waals surface area contributed by atoms with Crippen LogP contribution in [0, 0.1) is 19.8 Å². The first-order chi connectivity index (χ1) is 8.88. The summed E-state index contributed by atoms with van der Waals surface area (Å²) in [7, 11) is 0. The van der Waals surface area contributed by atoms with Crippen molar-refractivity contribution in [3.05, 3.63) is 17.5 Å². The van der Waals surface area contributed by atoms with Crippen molar-refractivity contribution in [2.24, 2.45) is 5.92 Å². The van der Waals surface area contributed by atoms with E-state index in [0.717, 1.165) is 11.4 Å². The lowest BCUT2D eigenvalue weighted by Gasteiger charge is -2.30. The van der Waals surface area contributed by atoms with Crippen molar-refractivity contribution < 1.29 is 13.2 Å². The lowest BCUT2D eigenvalue weighted by molar-refractivity contribution is -0.183. The van der Waals surface area contributed by atoms with E-state index in [0.29, 0.717) is 12.8 Å². The van der Waals surface area contributed by atoms with Crippen LogP contribution >= 0.6 is 0 Å². The minimum Gasteiger partial charge on any atom is -0.267 e. The Hall–Kier alpha value is -1.00. The molecule has 0 spiro atoms. The fraction of sp³-hybridized carbons (Fsp3) is 0.786. The quantitative estimate of drug-likeness (QED) is 0.719. The van der Waals surface area contributed by atoms with Crippen LogP contribution in [0.3, 0.4) is 0 Å². The maximum absolute atomic E-state index is 12.5. The largest absolute Gasteiger partial charge is 0.391 e. The number of nitrogens with zero attached hydrogens (tertiary/aromatic N) is 2. The summed E-state index contributed by atoms with van der Waals surface area (Å²) < 4.78 is 39.5. The molecule has 0 N–H and O–H groups in total. The van der Waals surface area contributed by atoms with Crippen molar-refractivity contribution in [2.75, 3.05) is 0 Å². The second-order valence-electron chi connectivity index (χ2n) is 4.92. The van der Waals surface area contributed by atoms with E-state index in [2.05, 4.69) is 5.10 Å². The Balaban J connectivity index is 0.000000861. The molecule has 19 heavy (non-hydrogen) atoms. The van der Waals surface area contributed by atoms with Gasteiger partial charge in [-0.05, 0) is 45.6 Å². The first kappa shape index (κ1) is 16.1. The fourth-order valence-corrected chi connectivity index (χ4v) is 2.66. The maximum Gasteiger partial charge on any atom is 0.391 e. The molecule has 2 nitrogen and oxygen atoms in total. The normalized spacial score (nSPS) is 23.7. The van der Waals surface area contributed by atoms with E-state index >= 15 is 0 Å². The molecule has 0 aliphatic heterocycles. The van der Waals surface area contributed by atoms with Gasteiger partial charge < -0.3 is 0 Å². The van der Waals surface area contributed by atoms with Crippen LogP contribution in [0.4, 0.5) is 13.2 Å². The lowest BCUT2D eigenvalue weighted by Crippen LogP contribution is -2.29. The first-order valence-corrected chi connectivity index (χ1v) is 6.97. The third-order valence-electron chi connectivity index (χ3n) is 3.55. The summed E-state index contributed by atoms with van der Waals surface area (Å²) in [6.07, 6.45) is -2.42. The van der Waals surface area contributed by atoms with Crippen molar-refractivity contribution in [3.8, 4) is 0 Å². The first-order valence-electron chi connectivity index (χ1n) is 6.97. The molecule has 0 radical (unpaired) electrons. The molecule has 1 aliphatic rings. The van der Waals surface area contributed by atoms with Crippen molar-refractivity contribution in [3.63, 3.8) is 0 Å². The molecule has 1 aromatic heterocycles. The van der Waals surface area contributed by atoms with Gasteiger partial charge in [-0.2, -0.15) is 18.3 Å². The van der Waals surface area contributed by atoms with E-state index in [4.69, 9.17) is 0 Å². The van der Waals surface area contributed by atoms with E-state index in [1.807, 2.05) is 38.4 Å². The zero-order chi connectivity index (χ0) is 14.6. The molecule has 1 aromatic rings. The van der Waals surface area contributed by atoms with E-state index < -0.39 is 12.1 Å². The number of aryl methyl sites for hydroxylation is 2. The van der Waals surface area contributed by atoms with Gasteiger partial charge in [0.2, 0.25) is 0 Å². The predicted molar refractivity (Wildman–Crippen MR) is 70.1 cm³/mol. The van der Waals surface area contributed by atoms with E-state index in [9.17, 15) is 13.2 Å². The molecule has 0 bridgehead atoms. The van der Waals surface area contributed by atoms with Crippen LogP contribution in [0.1, 0.15) is 57.0 Å². The van der Waals surface area contributed by atoms with E-state index in [1.165, 1.54) is 0 Å². The predicted octanol–water partition coefficient (Wildman–Crippen LogP) is 4.82. The topological polar surface area (TPSA) is 17.8 Å². The monoisotopic (exact) mass is 276 g/mol. The molecule has 1 saturated carbocycles. The van der Waals surface area contributed by atoms with Gasteiger partial charge in [-0.1, -0.05) is 13.8 Å². The van der Waals surface area contributed by atoms with Crippen LogP contribution < -0.4 is 0 Å². The molecule has 5 heteroatoms. The standard InChI is InChI=1S/C12H17F3N2.C2H6/c1-8-7-9(2)17(16-8)11-5-3-10(4-6-11)12(13,14)15;1-2/h7,10-11H,3-6H2,1-2H3;1-2H3. The molecule has 110 valence electrons. The second kappa shape index (κ2) is 6.44. The third kappa shape index (κ3) is 3.98. The Bertz CT molecular complexity index is 388. The van der Waals surface area contributed by atoms with Gasteiger partial charge in [-0.25, -0.2) is 0 Å². The third-order valence-corrected chi connectivity index (χ3v) is 3.55. The highest BCUT2D eigenvalue weighted by Gasteiger charge is 2.41.